The number of pyridine rings is 1. The molecule has 3 rings (SSSR count). The molecular weight excluding hydrogens is 310 g/mol. The molecule has 0 fully saturated rings. The third kappa shape index (κ3) is 2.73. The van der Waals surface area contributed by atoms with E-state index in [9.17, 15) is 4.79 Å². The number of hydrogen-bond donors (Lipinski definition) is 1. The van der Waals surface area contributed by atoms with E-state index in [1.807, 2.05) is 30.3 Å². The van der Waals surface area contributed by atoms with E-state index < -0.39 is 0 Å². The maximum Gasteiger partial charge on any atom is 0.197 e. The number of hydrogen-bond acceptors (Lipinski definition) is 2. The minimum Gasteiger partial charge on any atom is -0.495 e. The summed E-state index contributed by atoms with van der Waals surface area (Å²) in [6.07, 6.45) is 0. The van der Waals surface area contributed by atoms with Crippen molar-refractivity contribution in [2.24, 2.45) is 0 Å². The van der Waals surface area contributed by atoms with Crippen molar-refractivity contribution < 1.29 is 4.74 Å². The summed E-state index contributed by atoms with van der Waals surface area (Å²) >= 11 is 6.20. The maximum atomic E-state index is 13.1. The van der Waals surface area contributed by atoms with Crippen LogP contribution in [-0.2, 0) is 0 Å². The van der Waals surface area contributed by atoms with Crippen molar-refractivity contribution in [3.8, 4) is 16.9 Å². The summed E-state index contributed by atoms with van der Waals surface area (Å²) in [5.74, 6) is 0.737. The number of aromatic amines is 1. The van der Waals surface area contributed by atoms with Crippen LogP contribution in [0.3, 0.4) is 0 Å². The number of rotatable bonds is 3. The van der Waals surface area contributed by atoms with Crippen LogP contribution in [0.25, 0.3) is 22.0 Å². The second-order valence-corrected chi connectivity index (χ2v) is 6.20. The Morgan fingerprint density at radius 2 is 1.83 bits per heavy atom. The molecule has 0 spiro atoms. The molecule has 0 aliphatic heterocycles. The third-order valence-electron chi connectivity index (χ3n) is 3.94. The first kappa shape index (κ1) is 15.6. The number of fused-ring (bicyclic) bond motifs is 1. The molecular formula is C19H18ClNO2. The van der Waals surface area contributed by atoms with Crippen molar-refractivity contribution >= 4 is 22.5 Å². The summed E-state index contributed by atoms with van der Waals surface area (Å²) in [5, 5.41) is 1.00. The van der Waals surface area contributed by atoms with E-state index in [2.05, 4.69) is 18.8 Å². The normalized spacial score (nSPS) is 11.2. The summed E-state index contributed by atoms with van der Waals surface area (Å²) in [5.41, 5.74) is 3.25. The van der Waals surface area contributed by atoms with Crippen LogP contribution in [0, 0.1) is 0 Å². The minimum atomic E-state index is -0.0156. The molecule has 0 aliphatic rings. The van der Waals surface area contributed by atoms with Crippen LogP contribution in [0.1, 0.15) is 25.5 Å². The smallest absolute Gasteiger partial charge is 0.197 e. The summed E-state index contributed by atoms with van der Waals surface area (Å²) in [7, 11) is 1.56. The quantitative estimate of drug-likeness (QED) is 0.737. The molecule has 0 bridgehead atoms. The van der Waals surface area contributed by atoms with Crippen molar-refractivity contribution in [1.82, 2.24) is 4.98 Å². The second kappa shape index (κ2) is 6.09. The lowest BCUT2D eigenvalue weighted by molar-refractivity contribution is 0.415. The Morgan fingerprint density at radius 1 is 1.13 bits per heavy atom. The molecule has 0 unspecified atom stereocenters. The number of benzene rings is 2. The monoisotopic (exact) mass is 327 g/mol. The average molecular weight is 328 g/mol. The topological polar surface area (TPSA) is 42.1 Å². The average Bonchev–Trinajstić information content (AvgIpc) is 2.55. The van der Waals surface area contributed by atoms with Crippen molar-refractivity contribution in [1.29, 1.82) is 0 Å². The highest BCUT2D eigenvalue weighted by molar-refractivity contribution is 6.32. The molecule has 118 valence electrons. The Balaban J connectivity index is 2.42. The van der Waals surface area contributed by atoms with E-state index in [1.54, 1.807) is 19.2 Å². The van der Waals surface area contributed by atoms with Gasteiger partial charge in [0.1, 0.15) is 5.75 Å². The molecule has 1 N–H and O–H groups in total. The molecule has 0 saturated carbocycles. The first-order chi connectivity index (χ1) is 11.0. The Hall–Kier alpha value is -2.26. The van der Waals surface area contributed by atoms with Crippen LogP contribution in [0.4, 0.5) is 0 Å². The zero-order valence-electron chi connectivity index (χ0n) is 13.3. The molecule has 1 heterocycles. The Morgan fingerprint density at radius 3 is 2.43 bits per heavy atom. The van der Waals surface area contributed by atoms with E-state index >= 15 is 0 Å². The van der Waals surface area contributed by atoms with E-state index in [0.717, 1.165) is 16.8 Å². The molecule has 0 saturated heterocycles. The molecule has 23 heavy (non-hydrogen) atoms. The van der Waals surface area contributed by atoms with Gasteiger partial charge in [-0.3, -0.25) is 4.79 Å². The van der Waals surface area contributed by atoms with Crippen molar-refractivity contribution in [3.05, 3.63) is 63.4 Å². The molecule has 0 atom stereocenters. The van der Waals surface area contributed by atoms with Gasteiger partial charge in [-0.05, 0) is 17.5 Å². The summed E-state index contributed by atoms with van der Waals surface area (Å²) in [6.45, 7) is 4.13. The van der Waals surface area contributed by atoms with Crippen LogP contribution >= 0.6 is 11.6 Å². The first-order valence-corrected chi connectivity index (χ1v) is 7.89. The highest BCUT2D eigenvalue weighted by atomic mass is 35.5. The van der Waals surface area contributed by atoms with Crippen LogP contribution in [0.5, 0.6) is 5.75 Å². The van der Waals surface area contributed by atoms with E-state index in [0.29, 0.717) is 21.7 Å². The number of methoxy groups -OCH3 is 1. The zero-order chi connectivity index (χ0) is 16.6. The number of halogens is 1. The predicted octanol–water partition coefficient (Wildman–Crippen LogP) is 4.98. The fraction of sp³-hybridized carbons (Fsp3) is 0.211. The molecule has 4 heteroatoms. The van der Waals surface area contributed by atoms with Crippen LogP contribution < -0.4 is 10.2 Å². The molecule has 0 amide bonds. The lowest BCUT2D eigenvalue weighted by atomic mass is 9.95. The van der Waals surface area contributed by atoms with Gasteiger partial charge >= 0.3 is 0 Å². The van der Waals surface area contributed by atoms with Crippen LogP contribution in [-0.4, -0.2) is 12.1 Å². The minimum absolute atomic E-state index is 0.0156. The van der Waals surface area contributed by atoms with Crippen molar-refractivity contribution in [2.45, 2.75) is 19.8 Å². The maximum absolute atomic E-state index is 13.1. The van der Waals surface area contributed by atoms with E-state index in [1.165, 1.54) is 0 Å². The molecule has 3 aromatic rings. The Bertz CT molecular complexity index is 914. The van der Waals surface area contributed by atoms with E-state index in [4.69, 9.17) is 16.3 Å². The van der Waals surface area contributed by atoms with Gasteiger partial charge in [-0.1, -0.05) is 55.8 Å². The van der Waals surface area contributed by atoms with Crippen LogP contribution in [0.15, 0.2) is 47.3 Å². The fourth-order valence-electron chi connectivity index (χ4n) is 2.79. The number of ether oxygens (including phenoxy) is 1. The largest absolute Gasteiger partial charge is 0.495 e. The van der Waals surface area contributed by atoms with Gasteiger partial charge in [-0.2, -0.15) is 0 Å². The van der Waals surface area contributed by atoms with Gasteiger partial charge in [0.05, 0.1) is 17.6 Å². The molecule has 0 aliphatic carbocycles. The lowest BCUT2D eigenvalue weighted by Gasteiger charge is -2.15. The standard InChI is InChI=1S/C19H18ClNO2/c1-11(2)18-17(12-7-5-4-6-8-12)19(22)13-9-14(20)16(23-3)10-15(13)21-18/h4-11H,1-3H3,(H,21,22). The van der Waals surface area contributed by atoms with Gasteiger partial charge < -0.3 is 9.72 Å². The van der Waals surface area contributed by atoms with Gasteiger partial charge in [0.2, 0.25) is 0 Å². The number of nitrogens with one attached hydrogen (secondary N) is 1. The highest BCUT2D eigenvalue weighted by Gasteiger charge is 2.17. The number of H-pyrrole nitrogens is 1. The molecule has 0 radical (unpaired) electrons. The van der Waals surface area contributed by atoms with Gasteiger partial charge in [0.25, 0.3) is 0 Å². The second-order valence-electron chi connectivity index (χ2n) is 5.80. The number of aromatic nitrogens is 1. The lowest BCUT2D eigenvalue weighted by Crippen LogP contribution is -2.12. The Labute approximate surface area is 139 Å². The molecule has 3 nitrogen and oxygen atoms in total. The third-order valence-corrected chi connectivity index (χ3v) is 4.24. The Kier molecular flexibility index (Phi) is 4.14. The molecule has 1 aromatic heterocycles. The summed E-state index contributed by atoms with van der Waals surface area (Å²) < 4.78 is 5.25. The first-order valence-electron chi connectivity index (χ1n) is 7.51. The van der Waals surface area contributed by atoms with Gasteiger partial charge in [-0.15, -0.1) is 0 Å². The van der Waals surface area contributed by atoms with Crippen LogP contribution in [0.2, 0.25) is 5.02 Å². The summed E-state index contributed by atoms with van der Waals surface area (Å²) in [6, 6.07) is 13.2. The van der Waals surface area contributed by atoms with Gasteiger partial charge in [-0.25, -0.2) is 0 Å². The van der Waals surface area contributed by atoms with Crippen molar-refractivity contribution in [3.63, 3.8) is 0 Å². The predicted molar refractivity (Wildman–Crippen MR) is 95.7 cm³/mol. The van der Waals surface area contributed by atoms with Gasteiger partial charge in [0.15, 0.2) is 5.43 Å². The highest BCUT2D eigenvalue weighted by Crippen LogP contribution is 2.32. The van der Waals surface area contributed by atoms with E-state index in [-0.39, 0.29) is 11.3 Å². The SMILES string of the molecule is COc1cc2[nH]c(C(C)C)c(-c3ccccc3)c(=O)c2cc1Cl. The zero-order valence-corrected chi connectivity index (χ0v) is 14.1. The van der Waals surface area contributed by atoms with Crippen molar-refractivity contribution in [2.75, 3.05) is 7.11 Å². The fourth-order valence-corrected chi connectivity index (χ4v) is 3.03. The summed E-state index contributed by atoms with van der Waals surface area (Å²) in [4.78, 5) is 16.5. The van der Waals surface area contributed by atoms with Gasteiger partial charge in [0, 0.05) is 22.7 Å². The molecule has 2 aromatic carbocycles.